The average Bonchev–Trinajstić information content (AvgIpc) is 2.40. The summed E-state index contributed by atoms with van der Waals surface area (Å²) in [6.45, 7) is 8.29. The maximum Gasteiger partial charge on any atom is 0.119 e. The number of nitrogens with two attached hydrogens (primary N) is 1. The van der Waals surface area contributed by atoms with Gasteiger partial charge < -0.3 is 15.4 Å². The lowest BCUT2D eigenvalue weighted by molar-refractivity contribution is 0.189. The Bertz CT molecular complexity index is 377. The zero-order valence-electron chi connectivity index (χ0n) is 12.1. The van der Waals surface area contributed by atoms with Gasteiger partial charge in [0, 0.05) is 19.1 Å². The Morgan fingerprint density at radius 3 is 2.58 bits per heavy atom. The van der Waals surface area contributed by atoms with Crippen LogP contribution in [0.4, 0.5) is 0 Å². The minimum Gasteiger partial charge on any atom is -0.494 e. The highest BCUT2D eigenvalue weighted by Crippen LogP contribution is 2.27. The molecule has 0 spiro atoms. The van der Waals surface area contributed by atoms with E-state index >= 15 is 0 Å². The third kappa shape index (κ3) is 3.95. The standard InChI is InChI=1S/C16H26N2O/c1-3-9-18-11-14(10-15(17)12-18)13-5-7-16(8-6-13)19-4-2/h5-8,14-15H,3-4,9-12,17H2,1-2H3. The number of hydrogen-bond donors (Lipinski definition) is 1. The monoisotopic (exact) mass is 262 g/mol. The van der Waals surface area contributed by atoms with Gasteiger partial charge in [0.1, 0.15) is 5.75 Å². The van der Waals surface area contributed by atoms with Crippen LogP contribution in [0.5, 0.6) is 5.75 Å². The molecule has 1 fully saturated rings. The quantitative estimate of drug-likeness (QED) is 0.886. The van der Waals surface area contributed by atoms with E-state index in [0.29, 0.717) is 12.0 Å². The van der Waals surface area contributed by atoms with Crippen LogP contribution in [0.15, 0.2) is 24.3 Å². The minimum atomic E-state index is 0.303. The Kier molecular flexibility index (Phi) is 5.23. The predicted molar refractivity (Wildman–Crippen MR) is 79.7 cm³/mol. The summed E-state index contributed by atoms with van der Waals surface area (Å²) in [5.41, 5.74) is 7.58. The molecule has 106 valence electrons. The third-order valence-corrected chi connectivity index (χ3v) is 3.76. The first-order valence-corrected chi connectivity index (χ1v) is 7.43. The van der Waals surface area contributed by atoms with Gasteiger partial charge in [-0.05, 0) is 49.9 Å². The van der Waals surface area contributed by atoms with Gasteiger partial charge in [-0.25, -0.2) is 0 Å². The molecule has 1 aromatic rings. The van der Waals surface area contributed by atoms with Crippen LogP contribution >= 0.6 is 0 Å². The number of likely N-dealkylation sites (tertiary alicyclic amines) is 1. The lowest BCUT2D eigenvalue weighted by atomic mass is 9.88. The van der Waals surface area contributed by atoms with Crippen LogP contribution in [0, 0.1) is 0 Å². The molecule has 1 saturated heterocycles. The van der Waals surface area contributed by atoms with Crippen molar-refractivity contribution in [1.82, 2.24) is 4.90 Å². The van der Waals surface area contributed by atoms with Crippen molar-refractivity contribution in [2.75, 3.05) is 26.2 Å². The second kappa shape index (κ2) is 6.92. The molecule has 0 bridgehead atoms. The summed E-state index contributed by atoms with van der Waals surface area (Å²) in [6.07, 6.45) is 2.29. The largest absolute Gasteiger partial charge is 0.494 e. The maximum absolute atomic E-state index is 6.19. The number of benzene rings is 1. The molecule has 2 rings (SSSR count). The van der Waals surface area contributed by atoms with Crippen molar-refractivity contribution in [1.29, 1.82) is 0 Å². The van der Waals surface area contributed by atoms with E-state index in [0.717, 1.165) is 38.4 Å². The number of nitrogens with zero attached hydrogens (tertiary/aromatic N) is 1. The first-order chi connectivity index (χ1) is 9.22. The van der Waals surface area contributed by atoms with E-state index in [1.165, 1.54) is 12.0 Å². The fourth-order valence-electron chi connectivity index (χ4n) is 2.98. The van der Waals surface area contributed by atoms with Crippen LogP contribution in [0.25, 0.3) is 0 Å². The van der Waals surface area contributed by atoms with Gasteiger partial charge >= 0.3 is 0 Å². The molecule has 0 aliphatic carbocycles. The van der Waals surface area contributed by atoms with E-state index in [2.05, 4.69) is 36.1 Å². The number of ether oxygens (including phenoxy) is 1. The predicted octanol–water partition coefficient (Wildman–Crippen LogP) is 2.61. The molecule has 0 radical (unpaired) electrons. The number of hydrogen-bond acceptors (Lipinski definition) is 3. The molecule has 2 unspecified atom stereocenters. The zero-order chi connectivity index (χ0) is 13.7. The lowest BCUT2D eigenvalue weighted by Crippen LogP contribution is -2.46. The smallest absolute Gasteiger partial charge is 0.119 e. The first kappa shape index (κ1) is 14.4. The van der Waals surface area contributed by atoms with E-state index < -0.39 is 0 Å². The van der Waals surface area contributed by atoms with Crippen LogP contribution in [-0.2, 0) is 0 Å². The summed E-state index contributed by atoms with van der Waals surface area (Å²) < 4.78 is 5.49. The molecule has 2 N–H and O–H groups in total. The normalized spacial score (nSPS) is 24.4. The number of rotatable bonds is 5. The molecule has 1 heterocycles. The van der Waals surface area contributed by atoms with E-state index in [1.54, 1.807) is 0 Å². The second-order valence-corrected chi connectivity index (χ2v) is 5.45. The molecular weight excluding hydrogens is 236 g/mol. The summed E-state index contributed by atoms with van der Waals surface area (Å²) in [6, 6.07) is 8.83. The van der Waals surface area contributed by atoms with Crippen LogP contribution < -0.4 is 10.5 Å². The second-order valence-electron chi connectivity index (χ2n) is 5.45. The van der Waals surface area contributed by atoms with Crippen molar-refractivity contribution >= 4 is 0 Å². The topological polar surface area (TPSA) is 38.5 Å². The Labute approximate surface area is 116 Å². The van der Waals surface area contributed by atoms with Gasteiger partial charge in [0.25, 0.3) is 0 Å². The van der Waals surface area contributed by atoms with Crippen LogP contribution in [0.2, 0.25) is 0 Å². The maximum atomic E-state index is 6.19. The molecule has 1 aliphatic heterocycles. The van der Waals surface area contributed by atoms with Gasteiger partial charge in [0.05, 0.1) is 6.61 Å². The van der Waals surface area contributed by atoms with Crippen molar-refractivity contribution in [3.63, 3.8) is 0 Å². The molecule has 3 nitrogen and oxygen atoms in total. The van der Waals surface area contributed by atoms with Crippen molar-refractivity contribution in [2.24, 2.45) is 5.73 Å². The Hall–Kier alpha value is -1.06. The summed E-state index contributed by atoms with van der Waals surface area (Å²) >= 11 is 0. The molecule has 0 aromatic heterocycles. The fourth-order valence-corrected chi connectivity index (χ4v) is 2.98. The Morgan fingerprint density at radius 1 is 1.21 bits per heavy atom. The highest BCUT2D eigenvalue weighted by molar-refractivity contribution is 5.30. The fraction of sp³-hybridized carbons (Fsp3) is 0.625. The zero-order valence-corrected chi connectivity index (χ0v) is 12.1. The van der Waals surface area contributed by atoms with Crippen molar-refractivity contribution in [3.05, 3.63) is 29.8 Å². The van der Waals surface area contributed by atoms with Gasteiger partial charge in [-0.2, -0.15) is 0 Å². The molecule has 19 heavy (non-hydrogen) atoms. The van der Waals surface area contributed by atoms with Gasteiger partial charge in [0.2, 0.25) is 0 Å². The third-order valence-electron chi connectivity index (χ3n) is 3.76. The van der Waals surface area contributed by atoms with Crippen LogP contribution in [0.3, 0.4) is 0 Å². The van der Waals surface area contributed by atoms with Crippen molar-refractivity contribution in [3.8, 4) is 5.75 Å². The molecule has 2 atom stereocenters. The van der Waals surface area contributed by atoms with Crippen LogP contribution in [0.1, 0.15) is 38.2 Å². The Balaban J connectivity index is 2.03. The van der Waals surface area contributed by atoms with Gasteiger partial charge in [-0.15, -0.1) is 0 Å². The van der Waals surface area contributed by atoms with Crippen molar-refractivity contribution in [2.45, 2.75) is 38.6 Å². The minimum absolute atomic E-state index is 0.303. The average molecular weight is 262 g/mol. The van der Waals surface area contributed by atoms with Gasteiger partial charge in [0.15, 0.2) is 0 Å². The summed E-state index contributed by atoms with van der Waals surface area (Å²) in [5.74, 6) is 1.52. The molecule has 0 saturated carbocycles. The van der Waals surface area contributed by atoms with Crippen LogP contribution in [-0.4, -0.2) is 37.2 Å². The Morgan fingerprint density at radius 2 is 1.95 bits per heavy atom. The first-order valence-electron chi connectivity index (χ1n) is 7.43. The van der Waals surface area contributed by atoms with Crippen molar-refractivity contribution < 1.29 is 4.74 Å². The molecule has 1 aromatic carbocycles. The van der Waals surface area contributed by atoms with Gasteiger partial charge in [-0.3, -0.25) is 0 Å². The molecule has 3 heteroatoms. The SMILES string of the molecule is CCCN1CC(N)CC(c2ccc(OCC)cc2)C1. The molecule has 0 amide bonds. The van der Waals surface area contributed by atoms with E-state index in [9.17, 15) is 0 Å². The number of piperidine rings is 1. The molecular formula is C16H26N2O. The lowest BCUT2D eigenvalue weighted by Gasteiger charge is -2.36. The summed E-state index contributed by atoms with van der Waals surface area (Å²) in [5, 5.41) is 0. The van der Waals surface area contributed by atoms with E-state index in [4.69, 9.17) is 10.5 Å². The molecule has 1 aliphatic rings. The summed E-state index contributed by atoms with van der Waals surface area (Å²) in [7, 11) is 0. The highest BCUT2D eigenvalue weighted by Gasteiger charge is 2.25. The van der Waals surface area contributed by atoms with Gasteiger partial charge in [-0.1, -0.05) is 19.1 Å². The summed E-state index contributed by atoms with van der Waals surface area (Å²) in [4.78, 5) is 2.50. The van der Waals surface area contributed by atoms with E-state index in [1.807, 2.05) is 6.92 Å². The highest BCUT2D eigenvalue weighted by atomic mass is 16.5. The van der Waals surface area contributed by atoms with E-state index in [-0.39, 0.29) is 0 Å².